The predicted octanol–water partition coefficient (Wildman–Crippen LogP) is 1.18. The van der Waals surface area contributed by atoms with Crippen LogP contribution in [0.2, 0.25) is 0 Å². The first-order valence-electron chi connectivity index (χ1n) is 3.50. The van der Waals surface area contributed by atoms with E-state index in [0.717, 1.165) is 15.6 Å². The van der Waals surface area contributed by atoms with E-state index in [0.29, 0.717) is 12.2 Å². The summed E-state index contributed by atoms with van der Waals surface area (Å²) in [4.78, 5) is 4.12. The summed E-state index contributed by atoms with van der Waals surface area (Å²) in [5, 5.41) is 7.73. The van der Waals surface area contributed by atoms with Crippen molar-refractivity contribution in [3.63, 3.8) is 0 Å². The van der Waals surface area contributed by atoms with Crippen LogP contribution in [0.3, 0.4) is 0 Å². The van der Waals surface area contributed by atoms with Gasteiger partial charge >= 0.3 is 0 Å². The SMILES string of the molecule is NCc1cnc2n[nH]c(Br)c2c1. The molecule has 0 aliphatic rings. The number of aromatic nitrogens is 3. The van der Waals surface area contributed by atoms with Crippen LogP contribution in [0.1, 0.15) is 5.56 Å². The molecule has 0 aromatic carbocycles. The number of hydrogen-bond acceptors (Lipinski definition) is 3. The van der Waals surface area contributed by atoms with Crippen molar-refractivity contribution in [3.05, 3.63) is 22.4 Å². The molecule has 0 saturated carbocycles. The van der Waals surface area contributed by atoms with Crippen LogP contribution in [-0.2, 0) is 6.54 Å². The highest BCUT2D eigenvalue weighted by molar-refractivity contribution is 9.10. The molecule has 2 heterocycles. The zero-order valence-electron chi connectivity index (χ0n) is 6.21. The van der Waals surface area contributed by atoms with Crippen molar-refractivity contribution in [3.8, 4) is 0 Å². The lowest BCUT2D eigenvalue weighted by Gasteiger charge is -1.93. The topological polar surface area (TPSA) is 67.6 Å². The third kappa shape index (κ3) is 1.11. The van der Waals surface area contributed by atoms with Crippen LogP contribution in [0.25, 0.3) is 11.0 Å². The largest absolute Gasteiger partial charge is 0.326 e. The van der Waals surface area contributed by atoms with Crippen LogP contribution in [-0.4, -0.2) is 15.2 Å². The number of nitrogens with two attached hydrogens (primary N) is 1. The highest BCUT2D eigenvalue weighted by Gasteiger charge is 2.03. The summed E-state index contributed by atoms with van der Waals surface area (Å²) in [5.74, 6) is 0. The molecule has 5 heteroatoms. The van der Waals surface area contributed by atoms with Crippen molar-refractivity contribution < 1.29 is 0 Å². The number of pyridine rings is 1. The zero-order chi connectivity index (χ0) is 8.55. The van der Waals surface area contributed by atoms with Crippen molar-refractivity contribution in [2.75, 3.05) is 0 Å². The maximum atomic E-state index is 5.47. The van der Waals surface area contributed by atoms with Crippen molar-refractivity contribution in [2.45, 2.75) is 6.54 Å². The highest BCUT2D eigenvalue weighted by Crippen LogP contribution is 2.19. The Kier molecular flexibility index (Phi) is 1.82. The lowest BCUT2D eigenvalue weighted by Crippen LogP contribution is -1.96. The summed E-state index contributed by atoms with van der Waals surface area (Å²) in [6, 6.07) is 1.97. The quantitative estimate of drug-likeness (QED) is 0.768. The van der Waals surface area contributed by atoms with Gasteiger partial charge in [-0.25, -0.2) is 4.98 Å². The molecule has 4 nitrogen and oxygen atoms in total. The van der Waals surface area contributed by atoms with E-state index in [1.807, 2.05) is 6.07 Å². The number of halogens is 1. The van der Waals surface area contributed by atoms with Crippen LogP contribution >= 0.6 is 15.9 Å². The Morgan fingerprint density at radius 1 is 1.58 bits per heavy atom. The number of hydrogen-bond donors (Lipinski definition) is 2. The Morgan fingerprint density at radius 2 is 2.42 bits per heavy atom. The van der Waals surface area contributed by atoms with Gasteiger partial charge in [-0.2, -0.15) is 5.10 Å². The Morgan fingerprint density at radius 3 is 3.17 bits per heavy atom. The monoisotopic (exact) mass is 226 g/mol. The molecule has 0 atom stereocenters. The van der Waals surface area contributed by atoms with Gasteiger partial charge in [0, 0.05) is 12.7 Å². The molecule has 3 N–H and O–H groups in total. The number of H-pyrrole nitrogens is 1. The third-order valence-corrected chi connectivity index (χ3v) is 2.26. The summed E-state index contributed by atoms with van der Waals surface area (Å²) in [6.07, 6.45) is 1.73. The molecular weight excluding hydrogens is 220 g/mol. The average molecular weight is 227 g/mol. The lowest BCUT2D eigenvalue weighted by molar-refractivity contribution is 1.05. The van der Waals surface area contributed by atoms with E-state index in [-0.39, 0.29) is 0 Å². The Bertz CT molecular complexity index is 409. The standard InChI is InChI=1S/C7H7BrN4/c8-6-5-1-4(2-9)3-10-7(5)12-11-6/h1,3H,2,9H2,(H,10,11,12). The van der Waals surface area contributed by atoms with Gasteiger partial charge in [-0.3, -0.25) is 5.10 Å². The zero-order valence-corrected chi connectivity index (χ0v) is 7.80. The maximum Gasteiger partial charge on any atom is 0.182 e. The van der Waals surface area contributed by atoms with E-state index >= 15 is 0 Å². The van der Waals surface area contributed by atoms with Crippen molar-refractivity contribution in [1.82, 2.24) is 15.2 Å². The van der Waals surface area contributed by atoms with E-state index in [1.54, 1.807) is 6.20 Å². The number of aromatic amines is 1. The molecular formula is C7H7BrN4. The molecule has 0 saturated heterocycles. The first-order valence-corrected chi connectivity index (χ1v) is 4.29. The van der Waals surface area contributed by atoms with E-state index < -0.39 is 0 Å². The molecule has 0 radical (unpaired) electrons. The van der Waals surface area contributed by atoms with Gasteiger partial charge in [0.25, 0.3) is 0 Å². The van der Waals surface area contributed by atoms with Crippen LogP contribution in [0.5, 0.6) is 0 Å². The molecule has 0 aliphatic carbocycles. The molecule has 2 rings (SSSR count). The molecule has 0 spiro atoms. The fraction of sp³-hybridized carbons (Fsp3) is 0.143. The minimum Gasteiger partial charge on any atom is -0.326 e. The summed E-state index contributed by atoms with van der Waals surface area (Å²) in [5.41, 5.74) is 7.19. The van der Waals surface area contributed by atoms with Crippen LogP contribution in [0.15, 0.2) is 16.9 Å². The number of nitrogens with one attached hydrogen (secondary N) is 1. The van der Waals surface area contributed by atoms with E-state index in [2.05, 4.69) is 31.1 Å². The Labute approximate surface area is 77.3 Å². The van der Waals surface area contributed by atoms with E-state index in [4.69, 9.17) is 5.73 Å². The van der Waals surface area contributed by atoms with Crippen molar-refractivity contribution in [2.24, 2.45) is 5.73 Å². The average Bonchev–Trinajstić information content (AvgIpc) is 2.47. The summed E-state index contributed by atoms with van der Waals surface area (Å²) >= 11 is 3.33. The molecule has 62 valence electrons. The molecule has 0 fully saturated rings. The van der Waals surface area contributed by atoms with Crippen LogP contribution < -0.4 is 5.73 Å². The van der Waals surface area contributed by atoms with Crippen molar-refractivity contribution in [1.29, 1.82) is 0 Å². The molecule has 2 aromatic heterocycles. The normalized spacial score (nSPS) is 10.8. The summed E-state index contributed by atoms with van der Waals surface area (Å²) < 4.78 is 0.848. The van der Waals surface area contributed by atoms with Gasteiger partial charge in [0.15, 0.2) is 5.65 Å². The smallest absolute Gasteiger partial charge is 0.182 e. The van der Waals surface area contributed by atoms with Gasteiger partial charge in [-0.05, 0) is 27.6 Å². The first kappa shape index (κ1) is 7.70. The Hall–Kier alpha value is -0.940. The summed E-state index contributed by atoms with van der Waals surface area (Å²) in [6.45, 7) is 0.501. The minimum absolute atomic E-state index is 0.501. The van der Waals surface area contributed by atoms with Crippen molar-refractivity contribution >= 4 is 27.0 Å². The predicted molar refractivity (Wildman–Crippen MR) is 49.5 cm³/mol. The van der Waals surface area contributed by atoms with E-state index in [9.17, 15) is 0 Å². The second kappa shape index (κ2) is 2.84. The Balaban J connectivity index is 2.71. The van der Waals surface area contributed by atoms with Gasteiger partial charge in [-0.1, -0.05) is 0 Å². The second-order valence-corrected chi connectivity index (χ2v) is 3.25. The third-order valence-electron chi connectivity index (χ3n) is 1.66. The van der Waals surface area contributed by atoms with E-state index in [1.165, 1.54) is 0 Å². The van der Waals surface area contributed by atoms with Gasteiger partial charge < -0.3 is 5.73 Å². The molecule has 2 aromatic rings. The first-order chi connectivity index (χ1) is 5.81. The van der Waals surface area contributed by atoms with Gasteiger partial charge in [0.1, 0.15) is 4.60 Å². The minimum atomic E-state index is 0.501. The molecule has 0 bridgehead atoms. The van der Waals surface area contributed by atoms with Crippen LogP contribution in [0.4, 0.5) is 0 Å². The lowest BCUT2D eigenvalue weighted by atomic mass is 10.2. The number of nitrogens with zero attached hydrogens (tertiary/aromatic N) is 2. The van der Waals surface area contributed by atoms with Gasteiger partial charge in [0.2, 0.25) is 0 Å². The fourth-order valence-electron chi connectivity index (χ4n) is 1.03. The second-order valence-electron chi connectivity index (χ2n) is 2.46. The fourth-order valence-corrected chi connectivity index (χ4v) is 1.41. The molecule has 12 heavy (non-hydrogen) atoms. The number of fused-ring (bicyclic) bond motifs is 1. The van der Waals surface area contributed by atoms with Gasteiger partial charge in [0.05, 0.1) is 5.39 Å². The maximum absolute atomic E-state index is 5.47. The highest BCUT2D eigenvalue weighted by atomic mass is 79.9. The molecule has 0 aliphatic heterocycles. The summed E-state index contributed by atoms with van der Waals surface area (Å²) in [7, 11) is 0. The number of rotatable bonds is 1. The molecule has 0 amide bonds. The van der Waals surface area contributed by atoms with Crippen LogP contribution in [0, 0.1) is 0 Å². The molecule has 0 unspecified atom stereocenters. The van der Waals surface area contributed by atoms with Gasteiger partial charge in [-0.15, -0.1) is 0 Å².